The molecule has 1 saturated heterocycles. The number of hydrogen-bond donors (Lipinski definition) is 0. The molecule has 5 nitrogen and oxygen atoms in total. The van der Waals surface area contributed by atoms with Gasteiger partial charge in [0.15, 0.2) is 11.5 Å². The number of nitrogens with zero attached hydrogens (tertiary/aromatic N) is 1. The fourth-order valence-electron chi connectivity index (χ4n) is 3.20. The summed E-state index contributed by atoms with van der Waals surface area (Å²) in [4.78, 5) is 16.1. The van der Waals surface area contributed by atoms with Gasteiger partial charge < -0.3 is 19.1 Å². The highest BCUT2D eigenvalue weighted by molar-refractivity contribution is 7.09. The van der Waals surface area contributed by atoms with Gasteiger partial charge in [-0.1, -0.05) is 18.2 Å². The van der Waals surface area contributed by atoms with Gasteiger partial charge in [0.25, 0.3) is 5.91 Å². The molecule has 3 heterocycles. The average Bonchev–Trinajstić information content (AvgIpc) is 3.34. The van der Waals surface area contributed by atoms with Gasteiger partial charge in [-0.2, -0.15) is 0 Å². The van der Waals surface area contributed by atoms with Crippen molar-refractivity contribution in [1.82, 2.24) is 4.90 Å². The minimum absolute atomic E-state index is 0.0431. The van der Waals surface area contributed by atoms with Gasteiger partial charge in [-0.3, -0.25) is 4.79 Å². The minimum Gasteiger partial charge on any atom is -0.485 e. The first kappa shape index (κ1) is 16.4. The van der Waals surface area contributed by atoms with Crippen LogP contribution in [0, 0.1) is 0 Å². The molecule has 2 atom stereocenters. The first-order valence-electron chi connectivity index (χ1n) is 8.61. The molecule has 0 N–H and O–H groups in total. The van der Waals surface area contributed by atoms with E-state index in [4.69, 9.17) is 14.2 Å². The lowest BCUT2D eigenvalue weighted by molar-refractivity contribution is -0.143. The third kappa shape index (κ3) is 3.80. The largest absolute Gasteiger partial charge is 0.485 e. The highest BCUT2D eigenvalue weighted by Gasteiger charge is 2.33. The molecular formula is C19H21NO4S. The van der Waals surface area contributed by atoms with Crippen LogP contribution in [0.4, 0.5) is 0 Å². The maximum Gasteiger partial charge on any atom is 0.267 e. The number of fused-ring (bicyclic) bond motifs is 1. The monoisotopic (exact) mass is 359 g/mol. The van der Waals surface area contributed by atoms with Crippen molar-refractivity contribution in [2.24, 2.45) is 0 Å². The number of carbonyl (C=O) groups is 1. The van der Waals surface area contributed by atoms with Crippen molar-refractivity contribution in [3.05, 3.63) is 46.7 Å². The summed E-state index contributed by atoms with van der Waals surface area (Å²) >= 11 is 1.66. The maximum absolute atomic E-state index is 13.1. The topological polar surface area (TPSA) is 48.0 Å². The third-order valence-electron chi connectivity index (χ3n) is 4.47. The fraction of sp³-hybridized carbons (Fsp3) is 0.421. The molecule has 25 heavy (non-hydrogen) atoms. The molecule has 1 aromatic heterocycles. The fourth-order valence-corrected chi connectivity index (χ4v) is 3.92. The van der Waals surface area contributed by atoms with E-state index >= 15 is 0 Å². The van der Waals surface area contributed by atoms with Crippen LogP contribution in [-0.4, -0.2) is 42.8 Å². The Bertz CT molecular complexity index is 712. The number of amides is 1. The second-order valence-corrected chi connectivity index (χ2v) is 7.33. The van der Waals surface area contributed by atoms with Crippen LogP contribution >= 0.6 is 11.3 Å². The van der Waals surface area contributed by atoms with E-state index < -0.39 is 6.10 Å². The first-order valence-corrected chi connectivity index (χ1v) is 9.49. The van der Waals surface area contributed by atoms with Crippen LogP contribution in [0.1, 0.15) is 17.7 Å². The summed E-state index contributed by atoms with van der Waals surface area (Å²) in [5.74, 6) is 1.27. The molecule has 1 aromatic carbocycles. The van der Waals surface area contributed by atoms with Crippen LogP contribution in [0.5, 0.6) is 11.5 Å². The van der Waals surface area contributed by atoms with Crippen molar-refractivity contribution in [3.63, 3.8) is 0 Å². The number of hydrogen-bond acceptors (Lipinski definition) is 5. The Morgan fingerprint density at radius 1 is 1.20 bits per heavy atom. The molecule has 6 heteroatoms. The minimum atomic E-state index is -0.615. The normalized spacial score (nSPS) is 21.9. The van der Waals surface area contributed by atoms with Gasteiger partial charge in [-0.05, 0) is 36.4 Å². The summed E-state index contributed by atoms with van der Waals surface area (Å²) in [6.07, 6.45) is 1.55. The molecule has 0 radical (unpaired) electrons. The van der Waals surface area contributed by atoms with Crippen molar-refractivity contribution in [2.75, 3.05) is 19.8 Å². The van der Waals surface area contributed by atoms with E-state index in [0.717, 1.165) is 24.3 Å². The van der Waals surface area contributed by atoms with Crippen LogP contribution in [0.25, 0.3) is 0 Å². The Hall–Kier alpha value is -2.05. The average molecular weight is 359 g/mol. The third-order valence-corrected chi connectivity index (χ3v) is 5.33. The predicted octanol–water partition coefficient (Wildman–Crippen LogP) is 3.10. The highest BCUT2D eigenvalue weighted by atomic mass is 32.1. The summed E-state index contributed by atoms with van der Waals surface area (Å²) in [5, 5.41) is 2.03. The zero-order valence-electron chi connectivity index (χ0n) is 13.9. The molecule has 1 amide bonds. The van der Waals surface area contributed by atoms with Crippen molar-refractivity contribution in [2.45, 2.75) is 31.6 Å². The number of rotatable bonds is 5. The molecular weight excluding hydrogens is 338 g/mol. The van der Waals surface area contributed by atoms with Gasteiger partial charge in [0.1, 0.15) is 6.61 Å². The molecule has 1 fully saturated rings. The number of carbonyl (C=O) groups excluding carboxylic acids is 1. The van der Waals surface area contributed by atoms with E-state index in [2.05, 4.69) is 0 Å². The molecule has 0 bridgehead atoms. The van der Waals surface area contributed by atoms with Crippen molar-refractivity contribution in [1.29, 1.82) is 0 Å². The lowest BCUT2D eigenvalue weighted by Gasteiger charge is -2.31. The van der Waals surface area contributed by atoms with Gasteiger partial charge in [0.2, 0.25) is 6.10 Å². The Morgan fingerprint density at radius 3 is 2.84 bits per heavy atom. The Labute approximate surface area is 151 Å². The summed E-state index contributed by atoms with van der Waals surface area (Å²) in [6, 6.07) is 11.5. The van der Waals surface area contributed by atoms with Crippen molar-refractivity contribution < 1.29 is 19.0 Å². The van der Waals surface area contributed by atoms with E-state index in [0.29, 0.717) is 24.6 Å². The van der Waals surface area contributed by atoms with Crippen LogP contribution in [0.3, 0.4) is 0 Å². The van der Waals surface area contributed by atoms with Crippen LogP contribution < -0.4 is 9.47 Å². The van der Waals surface area contributed by atoms with Crippen LogP contribution in [0.15, 0.2) is 41.8 Å². The molecule has 2 unspecified atom stereocenters. The van der Waals surface area contributed by atoms with Crippen LogP contribution in [0.2, 0.25) is 0 Å². The number of thiophene rings is 1. The van der Waals surface area contributed by atoms with E-state index in [1.807, 2.05) is 46.7 Å². The summed E-state index contributed by atoms with van der Waals surface area (Å²) in [6.45, 7) is 2.19. The molecule has 132 valence electrons. The van der Waals surface area contributed by atoms with Gasteiger partial charge >= 0.3 is 0 Å². The Morgan fingerprint density at radius 2 is 2.08 bits per heavy atom. The second kappa shape index (κ2) is 7.45. The van der Waals surface area contributed by atoms with Crippen LogP contribution in [-0.2, 0) is 16.1 Å². The zero-order valence-corrected chi connectivity index (χ0v) is 14.7. The molecule has 2 aliphatic rings. The number of benzene rings is 1. The molecule has 2 aromatic rings. The summed E-state index contributed by atoms with van der Waals surface area (Å²) < 4.78 is 17.3. The lowest BCUT2D eigenvalue weighted by atomic mass is 10.2. The summed E-state index contributed by atoms with van der Waals surface area (Å²) in [7, 11) is 0. The van der Waals surface area contributed by atoms with Gasteiger partial charge in [-0.25, -0.2) is 0 Å². The SMILES string of the molecule is O=C(C1COc2ccccc2O1)N(Cc1cccs1)CC1CCCO1. The Kier molecular flexibility index (Phi) is 4.90. The molecule has 0 spiro atoms. The first-order chi connectivity index (χ1) is 12.3. The molecule has 0 aliphatic carbocycles. The number of para-hydroxylation sites is 2. The molecule has 0 saturated carbocycles. The van der Waals surface area contributed by atoms with Gasteiger partial charge in [0.05, 0.1) is 12.6 Å². The maximum atomic E-state index is 13.1. The molecule has 2 aliphatic heterocycles. The zero-order chi connectivity index (χ0) is 17.1. The number of ether oxygens (including phenoxy) is 3. The van der Waals surface area contributed by atoms with Crippen molar-refractivity contribution in [3.8, 4) is 11.5 Å². The van der Waals surface area contributed by atoms with E-state index in [-0.39, 0.29) is 18.6 Å². The second-order valence-electron chi connectivity index (χ2n) is 6.30. The smallest absolute Gasteiger partial charge is 0.267 e. The standard InChI is InChI=1S/C19H21NO4S/c21-19(18-13-23-16-7-1-2-8-17(16)24-18)20(11-14-5-3-9-22-14)12-15-6-4-10-25-15/h1-2,4,6-8,10,14,18H,3,5,9,11-13H2. The van der Waals surface area contributed by atoms with E-state index in [9.17, 15) is 4.79 Å². The lowest BCUT2D eigenvalue weighted by Crippen LogP contribution is -2.48. The van der Waals surface area contributed by atoms with Crippen molar-refractivity contribution >= 4 is 17.2 Å². The summed E-state index contributed by atoms with van der Waals surface area (Å²) in [5.41, 5.74) is 0. The quantitative estimate of drug-likeness (QED) is 0.823. The van der Waals surface area contributed by atoms with Gasteiger partial charge in [-0.15, -0.1) is 11.3 Å². The van der Waals surface area contributed by atoms with E-state index in [1.54, 1.807) is 11.3 Å². The molecule has 4 rings (SSSR count). The predicted molar refractivity (Wildman–Crippen MR) is 95.1 cm³/mol. The van der Waals surface area contributed by atoms with E-state index in [1.165, 1.54) is 0 Å². The highest BCUT2D eigenvalue weighted by Crippen LogP contribution is 2.31. The Balaban J connectivity index is 1.48. The van der Waals surface area contributed by atoms with Gasteiger partial charge in [0, 0.05) is 18.0 Å².